The summed E-state index contributed by atoms with van der Waals surface area (Å²) in [5.41, 5.74) is 0.0422. The van der Waals surface area contributed by atoms with E-state index in [1.54, 1.807) is 24.4 Å². The molecule has 3 rings (SSSR count). The number of amides is 1. The number of nitrogens with zero attached hydrogens (tertiary/aromatic N) is 2. The van der Waals surface area contributed by atoms with Crippen molar-refractivity contribution in [1.82, 2.24) is 9.88 Å². The molecule has 2 aromatic rings. The summed E-state index contributed by atoms with van der Waals surface area (Å²) in [5, 5.41) is 12.2. The zero-order valence-corrected chi connectivity index (χ0v) is 19.6. The van der Waals surface area contributed by atoms with E-state index in [0.29, 0.717) is 30.3 Å². The molecule has 0 aliphatic carbocycles. The van der Waals surface area contributed by atoms with Crippen molar-refractivity contribution in [3.05, 3.63) is 59.4 Å². The van der Waals surface area contributed by atoms with E-state index in [2.05, 4.69) is 18.8 Å². The second-order valence-electron chi connectivity index (χ2n) is 10.00. The Morgan fingerprint density at radius 2 is 1.74 bits per heavy atom. The van der Waals surface area contributed by atoms with Crippen LogP contribution < -0.4 is 4.74 Å². The second-order valence-corrected chi connectivity index (χ2v) is 10.00. The minimum absolute atomic E-state index is 0.363. The Kier molecular flexibility index (Phi) is 6.07. The fourth-order valence-corrected chi connectivity index (χ4v) is 4.18. The zero-order valence-electron chi connectivity index (χ0n) is 19.6. The molecule has 1 aliphatic rings. The molecular formula is C25H34N2O4. The molecule has 0 bridgehead atoms. The highest BCUT2D eigenvalue weighted by molar-refractivity contribution is 5.70. The van der Waals surface area contributed by atoms with Crippen molar-refractivity contribution in [1.29, 1.82) is 0 Å². The molecule has 6 heteroatoms. The molecular weight excluding hydrogens is 392 g/mol. The highest BCUT2D eigenvalue weighted by Gasteiger charge is 2.58. The lowest BCUT2D eigenvalue weighted by molar-refractivity contribution is -0.131. The maximum Gasteiger partial charge on any atom is 0.410 e. The number of benzene rings is 1. The van der Waals surface area contributed by atoms with Crippen LogP contribution in [-0.2, 0) is 10.3 Å². The molecule has 1 atom stereocenters. The number of pyridine rings is 1. The minimum Gasteiger partial charge on any atom is -0.495 e. The van der Waals surface area contributed by atoms with Crippen LogP contribution in [-0.4, -0.2) is 46.9 Å². The highest BCUT2D eigenvalue weighted by Crippen LogP contribution is 2.51. The number of aromatic nitrogens is 1. The Labute approximate surface area is 185 Å². The number of hydrogen-bond acceptors (Lipinski definition) is 5. The van der Waals surface area contributed by atoms with Crippen LogP contribution >= 0.6 is 0 Å². The van der Waals surface area contributed by atoms with Gasteiger partial charge in [0.1, 0.15) is 17.0 Å². The van der Waals surface area contributed by atoms with E-state index in [1.165, 1.54) is 5.56 Å². The van der Waals surface area contributed by atoms with E-state index in [-0.39, 0.29) is 6.09 Å². The fraction of sp³-hybridized carbons (Fsp3) is 0.520. The van der Waals surface area contributed by atoms with E-state index in [4.69, 9.17) is 9.47 Å². The van der Waals surface area contributed by atoms with Crippen LogP contribution in [0, 0.1) is 5.41 Å². The third-order valence-corrected chi connectivity index (χ3v) is 5.97. The summed E-state index contributed by atoms with van der Waals surface area (Å²) in [6.45, 7) is 12.5. The van der Waals surface area contributed by atoms with Gasteiger partial charge in [0.25, 0.3) is 0 Å². The summed E-state index contributed by atoms with van der Waals surface area (Å²) >= 11 is 0. The monoisotopic (exact) mass is 426 g/mol. The van der Waals surface area contributed by atoms with Gasteiger partial charge in [-0.25, -0.2) is 4.79 Å². The summed E-state index contributed by atoms with van der Waals surface area (Å²) in [6.07, 6.45) is 2.91. The lowest BCUT2D eigenvalue weighted by Gasteiger charge is -2.56. The van der Waals surface area contributed by atoms with Gasteiger partial charge in [-0.1, -0.05) is 45.0 Å². The van der Waals surface area contributed by atoms with Gasteiger partial charge in [-0.3, -0.25) is 4.98 Å². The van der Waals surface area contributed by atoms with Gasteiger partial charge in [-0.15, -0.1) is 0 Å². The highest BCUT2D eigenvalue weighted by atomic mass is 16.6. The zero-order chi connectivity index (χ0) is 23.0. The first-order valence-electron chi connectivity index (χ1n) is 10.7. The molecule has 1 unspecified atom stereocenters. The lowest BCUT2D eigenvalue weighted by Crippen LogP contribution is -2.66. The maximum atomic E-state index is 12.5. The Balaban J connectivity index is 2.00. The maximum absolute atomic E-state index is 12.5. The van der Waals surface area contributed by atoms with Gasteiger partial charge in [0.05, 0.1) is 13.3 Å². The van der Waals surface area contributed by atoms with Gasteiger partial charge in [0, 0.05) is 30.3 Å². The Morgan fingerprint density at radius 3 is 2.26 bits per heavy atom. The summed E-state index contributed by atoms with van der Waals surface area (Å²) in [7, 11) is 1.58. The summed E-state index contributed by atoms with van der Waals surface area (Å²) < 4.78 is 10.9. The number of likely N-dealkylation sites (tertiary alicyclic amines) is 1. The number of methoxy groups -OCH3 is 1. The predicted molar refractivity (Wildman–Crippen MR) is 120 cm³/mol. The van der Waals surface area contributed by atoms with Gasteiger partial charge in [-0.05, 0) is 43.9 Å². The summed E-state index contributed by atoms with van der Waals surface area (Å²) in [6, 6.07) is 9.84. The lowest BCUT2D eigenvalue weighted by atomic mass is 9.62. The molecule has 1 fully saturated rings. The molecule has 168 valence electrons. The number of hydrogen-bond donors (Lipinski definition) is 1. The summed E-state index contributed by atoms with van der Waals surface area (Å²) in [4.78, 5) is 18.4. The van der Waals surface area contributed by atoms with Crippen LogP contribution in [0.1, 0.15) is 64.2 Å². The van der Waals surface area contributed by atoms with Crippen molar-refractivity contribution in [3.63, 3.8) is 0 Å². The van der Waals surface area contributed by atoms with Crippen LogP contribution in [0.2, 0.25) is 0 Å². The van der Waals surface area contributed by atoms with Crippen LogP contribution in [0.4, 0.5) is 4.79 Å². The molecule has 31 heavy (non-hydrogen) atoms. The number of rotatable bonds is 5. The van der Waals surface area contributed by atoms with Gasteiger partial charge in [0.2, 0.25) is 0 Å². The predicted octanol–water partition coefficient (Wildman–Crippen LogP) is 4.71. The average molecular weight is 427 g/mol. The van der Waals surface area contributed by atoms with E-state index < -0.39 is 16.6 Å². The fourth-order valence-electron chi connectivity index (χ4n) is 4.18. The molecule has 0 saturated carbocycles. The van der Waals surface area contributed by atoms with E-state index >= 15 is 0 Å². The van der Waals surface area contributed by atoms with Crippen LogP contribution in [0.15, 0.2) is 42.7 Å². The number of carbonyl (C=O) groups excluding carboxylic acids is 1. The largest absolute Gasteiger partial charge is 0.495 e. The van der Waals surface area contributed by atoms with E-state index in [1.807, 2.05) is 58.0 Å². The quantitative estimate of drug-likeness (QED) is 0.750. The van der Waals surface area contributed by atoms with Crippen LogP contribution in [0.3, 0.4) is 0 Å². The Morgan fingerprint density at radius 1 is 1.13 bits per heavy atom. The van der Waals surface area contributed by atoms with Gasteiger partial charge in [-0.2, -0.15) is 0 Å². The van der Waals surface area contributed by atoms with Crippen molar-refractivity contribution in [2.75, 3.05) is 20.2 Å². The number of aliphatic hydroxyl groups is 1. The van der Waals surface area contributed by atoms with E-state index in [9.17, 15) is 9.90 Å². The van der Waals surface area contributed by atoms with Gasteiger partial charge >= 0.3 is 6.09 Å². The third kappa shape index (κ3) is 4.40. The Bertz CT molecular complexity index is 927. The van der Waals surface area contributed by atoms with Crippen molar-refractivity contribution >= 4 is 6.09 Å². The smallest absolute Gasteiger partial charge is 0.410 e. The SMILES string of the molecule is COc1cncc(C(O)(c2ccc(C(C)C)cc2)C2(C)CN(C(=O)OC(C)(C)C)C2)c1. The normalized spacial score (nSPS) is 17.6. The van der Waals surface area contributed by atoms with Crippen molar-refractivity contribution in [3.8, 4) is 5.75 Å². The number of ether oxygens (including phenoxy) is 2. The molecule has 0 spiro atoms. The average Bonchev–Trinajstić information content (AvgIpc) is 2.69. The molecule has 1 aromatic heterocycles. The Hall–Kier alpha value is -2.60. The summed E-state index contributed by atoms with van der Waals surface area (Å²) in [5.74, 6) is 0.962. The molecule has 1 saturated heterocycles. The van der Waals surface area contributed by atoms with Crippen LogP contribution in [0.5, 0.6) is 5.75 Å². The van der Waals surface area contributed by atoms with Crippen molar-refractivity contribution < 1.29 is 19.4 Å². The first kappa shape index (κ1) is 23.1. The first-order valence-corrected chi connectivity index (χ1v) is 10.7. The third-order valence-electron chi connectivity index (χ3n) is 5.97. The molecule has 6 nitrogen and oxygen atoms in total. The van der Waals surface area contributed by atoms with Crippen molar-refractivity contribution in [2.24, 2.45) is 5.41 Å². The molecule has 0 radical (unpaired) electrons. The second kappa shape index (κ2) is 8.15. The first-order chi connectivity index (χ1) is 14.4. The molecule has 2 heterocycles. The minimum atomic E-state index is -1.36. The van der Waals surface area contributed by atoms with Gasteiger partial charge < -0.3 is 19.5 Å². The molecule has 1 amide bonds. The van der Waals surface area contributed by atoms with Crippen molar-refractivity contribution in [2.45, 2.75) is 58.7 Å². The molecule has 1 aromatic carbocycles. The number of carbonyl (C=O) groups is 1. The van der Waals surface area contributed by atoms with Crippen LogP contribution in [0.25, 0.3) is 0 Å². The molecule has 1 aliphatic heterocycles. The standard InChI is InChI=1S/C25H34N2O4/c1-17(2)18-8-10-19(11-9-18)25(29,20-12-21(30-7)14-26-13-20)24(6)15-27(16-24)22(28)31-23(3,4)5/h8-14,17,29H,15-16H2,1-7H3. The van der Waals surface area contributed by atoms with Gasteiger partial charge in [0.15, 0.2) is 0 Å². The van der Waals surface area contributed by atoms with E-state index in [0.717, 1.165) is 5.56 Å². The molecule has 1 N–H and O–H groups in total. The topological polar surface area (TPSA) is 71.9 Å².